The first-order chi connectivity index (χ1) is 13.5. The molecule has 2 saturated heterocycles. The summed E-state index contributed by atoms with van der Waals surface area (Å²) < 4.78 is 10.7. The number of benzene rings is 1. The molecule has 150 valence electrons. The Balaban J connectivity index is 1.55. The van der Waals surface area contributed by atoms with Crippen molar-refractivity contribution in [2.45, 2.75) is 30.5 Å². The molecule has 3 aliphatic rings. The highest BCUT2D eigenvalue weighted by Crippen LogP contribution is 2.42. The van der Waals surface area contributed by atoms with Crippen molar-refractivity contribution >= 4 is 23.6 Å². The van der Waals surface area contributed by atoms with Gasteiger partial charge in [-0.3, -0.25) is 14.5 Å². The lowest BCUT2D eigenvalue weighted by atomic mass is 10.00. The van der Waals surface area contributed by atoms with Crippen LogP contribution in [0.1, 0.15) is 12.0 Å². The molecule has 8 nitrogen and oxygen atoms in total. The van der Waals surface area contributed by atoms with E-state index in [1.807, 2.05) is 19.2 Å². The molecule has 2 unspecified atom stereocenters. The Morgan fingerprint density at radius 1 is 1.36 bits per heavy atom. The summed E-state index contributed by atoms with van der Waals surface area (Å²) in [5.41, 5.74) is 7.84. The van der Waals surface area contributed by atoms with Crippen molar-refractivity contribution in [2.75, 3.05) is 26.5 Å². The molecule has 0 aromatic heterocycles. The standard InChI is InChI=1S/C19H23N3O5S/c1-21-8-7-14(27-21)13-10-28-18-15(20)17(23)22(18)16(13)19(24)26-9-11-3-5-12(25-2)6-4-11/h3-6,14-15,18H,7-10,20H2,1-2H3/t14-,15?,18?/m0/s1. The Morgan fingerprint density at radius 2 is 2.11 bits per heavy atom. The van der Waals surface area contributed by atoms with Crippen molar-refractivity contribution in [1.82, 2.24) is 9.96 Å². The summed E-state index contributed by atoms with van der Waals surface area (Å²) in [6.07, 6.45) is 0.534. The van der Waals surface area contributed by atoms with E-state index < -0.39 is 12.0 Å². The molecule has 1 amide bonds. The molecule has 2 fully saturated rings. The van der Waals surface area contributed by atoms with Crippen molar-refractivity contribution in [3.63, 3.8) is 0 Å². The van der Waals surface area contributed by atoms with Crippen LogP contribution in [0.5, 0.6) is 5.75 Å². The number of ether oxygens (including phenoxy) is 2. The topological polar surface area (TPSA) is 94.3 Å². The van der Waals surface area contributed by atoms with Crippen LogP contribution in [0.4, 0.5) is 0 Å². The zero-order valence-electron chi connectivity index (χ0n) is 15.8. The van der Waals surface area contributed by atoms with E-state index in [1.54, 1.807) is 36.1 Å². The number of thioether (sulfide) groups is 1. The van der Waals surface area contributed by atoms with Crippen LogP contribution in [0.25, 0.3) is 0 Å². The summed E-state index contributed by atoms with van der Waals surface area (Å²) in [5, 5.41) is 1.53. The van der Waals surface area contributed by atoms with Crippen LogP contribution in [0, 0.1) is 0 Å². The van der Waals surface area contributed by atoms with Crippen molar-refractivity contribution in [3.8, 4) is 5.75 Å². The third kappa shape index (κ3) is 3.39. The number of amides is 1. The predicted molar refractivity (Wildman–Crippen MR) is 103 cm³/mol. The monoisotopic (exact) mass is 405 g/mol. The molecule has 3 heterocycles. The molecule has 0 bridgehead atoms. The number of carbonyl (C=O) groups is 2. The molecule has 3 aliphatic heterocycles. The van der Waals surface area contributed by atoms with E-state index in [-0.39, 0.29) is 24.0 Å². The number of hydrogen-bond donors (Lipinski definition) is 1. The molecule has 3 atom stereocenters. The molecule has 9 heteroatoms. The first-order valence-electron chi connectivity index (χ1n) is 9.11. The average molecular weight is 405 g/mol. The summed E-state index contributed by atoms with van der Waals surface area (Å²) in [6.45, 7) is 0.876. The van der Waals surface area contributed by atoms with Crippen molar-refractivity contribution in [2.24, 2.45) is 5.73 Å². The molecular formula is C19H23N3O5S. The number of nitrogens with two attached hydrogens (primary N) is 1. The van der Waals surface area contributed by atoms with Crippen LogP contribution < -0.4 is 10.5 Å². The fourth-order valence-electron chi connectivity index (χ4n) is 3.57. The molecule has 2 N–H and O–H groups in total. The number of esters is 1. The number of carbonyl (C=O) groups excluding carboxylic acids is 2. The Kier molecular flexibility index (Phi) is 5.33. The molecule has 0 spiro atoms. The van der Waals surface area contributed by atoms with E-state index in [2.05, 4.69) is 0 Å². The van der Waals surface area contributed by atoms with E-state index in [1.165, 1.54) is 4.90 Å². The van der Waals surface area contributed by atoms with Gasteiger partial charge in [0, 0.05) is 24.9 Å². The molecule has 1 aromatic carbocycles. The van der Waals surface area contributed by atoms with Gasteiger partial charge in [0.05, 0.1) is 7.11 Å². The Hall–Kier alpha value is -2.07. The first kappa shape index (κ1) is 19.3. The van der Waals surface area contributed by atoms with Gasteiger partial charge in [-0.2, -0.15) is 5.06 Å². The number of fused-ring (bicyclic) bond motifs is 1. The number of nitrogens with zero attached hydrogens (tertiary/aromatic N) is 2. The fraction of sp³-hybridized carbons (Fsp3) is 0.474. The quantitative estimate of drug-likeness (QED) is 0.570. The van der Waals surface area contributed by atoms with Crippen LogP contribution in [0.3, 0.4) is 0 Å². The number of hydroxylamine groups is 2. The van der Waals surface area contributed by atoms with Crippen LogP contribution in [-0.2, 0) is 25.8 Å². The SMILES string of the molecule is COc1ccc(COC(=O)C2=C([C@@H]3CCN(C)O3)CSC3C(N)C(=O)N23)cc1. The van der Waals surface area contributed by atoms with Crippen LogP contribution in [0.15, 0.2) is 35.5 Å². The maximum absolute atomic E-state index is 13.0. The second-order valence-electron chi connectivity index (χ2n) is 6.97. The molecule has 0 aliphatic carbocycles. The number of hydrogen-bond acceptors (Lipinski definition) is 8. The van der Waals surface area contributed by atoms with Crippen LogP contribution >= 0.6 is 11.8 Å². The zero-order chi connectivity index (χ0) is 19.8. The maximum Gasteiger partial charge on any atom is 0.355 e. The summed E-state index contributed by atoms with van der Waals surface area (Å²) >= 11 is 1.56. The molecule has 1 aromatic rings. The summed E-state index contributed by atoms with van der Waals surface area (Å²) in [7, 11) is 3.45. The van der Waals surface area contributed by atoms with Gasteiger partial charge in [-0.15, -0.1) is 11.8 Å². The highest BCUT2D eigenvalue weighted by Gasteiger charge is 2.53. The third-order valence-electron chi connectivity index (χ3n) is 5.16. The van der Waals surface area contributed by atoms with Crippen LogP contribution in [0.2, 0.25) is 0 Å². The lowest BCUT2D eigenvalue weighted by Gasteiger charge is -2.48. The van der Waals surface area contributed by atoms with Gasteiger partial charge in [0.25, 0.3) is 0 Å². The largest absolute Gasteiger partial charge is 0.497 e. The normalized spacial score (nSPS) is 27.5. The number of β-lactam (4-membered cyclic amide) rings is 1. The van der Waals surface area contributed by atoms with Gasteiger partial charge in [-0.25, -0.2) is 4.79 Å². The fourth-order valence-corrected chi connectivity index (χ4v) is 4.93. The predicted octanol–water partition coefficient (Wildman–Crippen LogP) is 0.871. The molecular weight excluding hydrogens is 382 g/mol. The maximum atomic E-state index is 13.0. The van der Waals surface area contributed by atoms with Gasteiger partial charge >= 0.3 is 5.97 Å². The van der Waals surface area contributed by atoms with Crippen molar-refractivity contribution in [1.29, 1.82) is 0 Å². The second-order valence-corrected chi connectivity index (χ2v) is 8.07. The van der Waals surface area contributed by atoms with Gasteiger partial charge in [0.15, 0.2) is 0 Å². The Bertz CT molecular complexity index is 812. The lowest BCUT2D eigenvalue weighted by molar-refractivity contribution is -0.152. The Morgan fingerprint density at radius 3 is 2.75 bits per heavy atom. The van der Waals surface area contributed by atoms with Gasteiger partial charge < -0.3 is 15.2 Å². The van der Waals surface area contributed by atoms with Crippen molar-refractivity contribution < 1.29 is 23.9 Å². The number of methoxy groups -OCH3 is 1. The first-order valence-corrected chi connectivity index (χ1v) is 10.2. The van der Waals surface area contributed by atoms with Gasteiger partial charge in [-0.1, -0.05) is 12.1 Å². The highest BCUT2D eigenvalue weighted by atomic mass is 32.2. The van der Waals surface area contributed by atoms with E-state index in [0.717, 1.165) is 29.9 Å². The summed E-state index contributed by atoms with van der Waals surface area (Å²) in [6, 6.07) is 6.70. The lowest BCUT2D eigenvalue weighted by Crippen LogP contribution is -2.68. The van der Waals surface area contributed by atoms with E-state index in [9.17, 15) is 9.59 Å². The minimum Gasteiger partial charge on any atom is -0.497 e. The van der Waals surface area contributed by atoms with Gasteiger partial charge in [0.2, 0.25) is 5.91 Å². The smallest absolute Gasteiger partial charge is 0.355 e. The summed E-state index contributed by atoms with van der Waals surface area (Å²) in [5.74, 6) is 0.551. The average Bonchev–Trinajstić information content (AvgIpc) is 3.16. The zero-order valence-corrected chi connectivity index (χ0v) is 16.6. The van der Waals surface area contributed by atoms with E-state index >= 15 is 0 Å². The van der Waals surface area contributed by atoms with Gasteiger partial charge in [-0.05, 0) is 24.1 Å². The Labute approximate surface area is 167 Å². The van der Waals surface area contributed by atoms with Crippen LogP contribution in [-0.4, -0.2) is 65.8 Å². The molecule has 0 radical (unpaired) electrons. The minimum atomic E-state index is -0.580. The van der Waals surface area contributed by atoms with Crippen molar-refractivity contribution in [3.05, 3.63) is 41.1 Å². The second kappa shape index (κ2) is 7.75. The molecule has 0 saturated carbocycles. The van der Waals surface area contributed by atoms with Gasteiger partial charge in [0.1, 0.15) is 35.6 Å². The highest BCUT2D eigenvalue weighted by molar-refractivity contribution is 8.00. The van der Waals surface area contributed by atoms with E-state index in [4.69, 9.17) is 20.0 Å². The molecule has 4 rings (SSSR count). The number of rotatable bonds is 5. The van der Waals surface area contributed by atoms with E-state index in [0.29, 0.717) is 11.4 Å². The summed E-state index contributed by atoms with van der Waals surface area (Å²) in [4.78, 5) is 32.6. The molecule has 28 heavy (non-hydrogen) atoms. The third-order valence-corrected chi connectivity index (χ3v) is 6.49. The minimum absolute atomic E-state index is 0.108.